The molecule has 1 aliphatic carbocycles. The molecule has 18 heavy (non-hydrogen) atoms. The molecular formula is C14H23N3O. The van der Waals surface area contributed by atoms with E-state index in [1.54, 1.807) is 0 Å². The van der Waals surface area contributed by atoms with Crippen LogP contribution >= 0.6 is 0 Å². The van der Waals surface area contributed by atoms with Gasteiger partial charge in [0.1, 0.15) is 0 Å². The highest BCUT2D eigenvalue weighted by Gasteiger charge is 2.37. The number of hydrogen-bond acceptors (Lipinski definition) is 4. The van der Waals surface area contributed by atoms with Crippen LogP contribution in [0.25, 0.3) is 0 Å². The van der Waals surface area contributed by atoms with E-state index in [0.717, 1.165) is 32.7 Å². The number of rotatable bonds is 2. The lowest BCUT2D eigenvalue weighted by Crippen LogP contribution is -2.46. The van der Waals surface area contributed by atoms with Crippen LogP contribution in [0.5, 0.6) is 0 Å². The van der Waals surface area contributed by atoms with Crippen molar-refractivity contribution in [1.82, 2.24) is 9.80 Å². The summed E-state index contributed by atoms with van der Waals surface area (Å²) in [4.78, 5) is 5.17. The van der Waals surface area contributed by atoms with Gasteiger partial charge in [0.05, 0.1) is 25.2 Å². The normalized spacial score (nSPS) is 38.9. The van der Waals surface area contributed by atoms with Gasteiger partial charge in [-0.1, -0.05) is 6.42 Å². The van der Waals surface area contributed by atoms with E-state index in [2.05, 4.69) is 15.9 Å². The maximum Gasteiger partial charge on any atom is 0.0672 e. The Morgan fingerprint density at radius 1 is 1.00 bits per heavy atom. The van der Waals surface area contributed by atoms with Gasteiger partial charge in [-0.15, -0.1) is 0 Å². The second kappa shape index (κ2) is 5.56. The Bertz CT molecular complexity index is 321. The Kier molecular flexibility index (Phi) is 3.83. The molecule has 0 aromatic rings. The number of nitriles is 1. The monoisotopic (exact) mass is 249 g/mol. The molecule has 4 nitrogen and oxygen atoms in total. The molecule has 1 saturated carbocycles. The Labute approximate surface area is 109 Å². The molecule has 3 aliphatic rings. The van der Waals surface area contributed by atoms with E-state index in [9.17, 15) is 5.26 Å². The number of ether oxygens (including phenoxy) is 1. The maximum atomic E-state index is 9.21. The molecule has 3 unspecified atom stereocenters. The van der Waals surface area contributed by atoms with Crippen LogP contribution in [0.15, 0.2) is 0 Å². The first-order valence-electron chi connectivity index (χ1n) is 7.34. The summed E-state index contributed by atoms with van der Waals surface area (Å²) in [7, 11) is 0. The van der Waals surface area contributed by atoms with Gasteiger partial charge < -0.3 is 4.74 Å². The lowest BCUT2D eigenvalue weighted by molar-refractivity contribution is 0.0174. The van der Waals surface area contributed by atoms with E-state index >= 15 is 0 Å². The van der Waals surface area contributed by atoms with Gasteiger partial charge in [-0.05, 0) is 19.3 Å². The van der Waals surface area contributed by atoms with E-state index in [1.165, 1.54) is 32.4 Å². The second-order valence-corrected chi connectivity index (χ2v) is 5.82. The van der Waals surface area contributed by atoms with Gasteiger partial charge in [0, 0.05) is 38.3 Å². The summed E-state index contributed by atoms with van der Waals surface area (Å²) in [5.41, 5.74) is 0. The van der Waals surface area contributed by atoms with Gasteiger partial charge in [-0.3, -0.25) is 9.80 Å². The SMILES string of the molecule is N#CC1CCCC1N1CCC(N2CCOCC2)C1. The van der Waals surface area contributed by atoms with Crippen molar-refractivity contribution >= 4 is 0 Å². The van der Waals surface area contributed by atoms with Crippen molar-refractivity contribution in [2.75, 3.05) is 39.4 Å². The highest BCUT2D eigenvalue weighted by Crippen LogP contribution is 2.32. The summed E-state index contributed by atoms with van der Waals surface area (Å²) in [5.74, 6) is 0.286. The number of likely N-dealkylation sites (tertiary alicyclic amines) is 1. The summed E-state index contributed by atoms with van der Waals surface area (Å²) < 4.78 is 5.42. The zero-order valence-electron chi connectivity index (χ0n) is 11.1. The molecular weight excluding hydrogens is 226 g/mol. The van der Waals surface area contributed by atoms with Gasteiger partial charge in [-0.25, -0.2) is 0 Å². The van der Waals surface area contributed by atoms with E-state index in [-0.39, 0.29) is 5.92 Å². The minimum atomic E-state index is 0.286. The number of hydrogen-bond donors (Lipinski definition) is 0. The highest BCUT2D eigenvalue weighted by molar-refractivity contribution is 5.00. The second-order valence-electron chi connectivity index (χ2n) is 5.82. The van der Waals surface area contributed by atoms with Crippen molar-refractivity contribution < 1.29 is 4.74 Å². The Hall–Kier alpha value is -0.630. The van der Waals surface area contributed by atoms with E-state index in [4.69, 9.17) is 4.74 Å². The Morgan fingerprint density at radius 2 is 1.83 bits per heavy atom. The van der Waals surface area contributed by atoms with Crippen LogP contribution in [0, 0.1) is 17.2 Å². The molecule has 0 N–H and O–H groups in total. The Balaban J connectivity index is 1.56. The van der Waals surface area contributed by atoms with Crippen LogP contribution in [0.2, 0.25) is 0 Å². The summed E-state index contributed by atoms with van der Waals surface area (Å²) >= 11 is 0. The lowest BCUT2D eigenvalue weighted by atomic mass is 10.0. The molecule has 0 bridgehead atoms. The molecule has 2 heterocycles. The van der Waals surface area contributed by atoms with Gasteiger partial charge in [-0.2, -0.15) is 5.26 Å². The van der Waals surface area contributed by atoms with Crippen LogP contribution < -0.4 is 0 Å². The molecule has 0 aromatic heterocycles. The van der Waals surface area contributed by atoms with Crippen molar-refractivity contribution in [3.8, 4) is 6.07 Å². The topological polar surface area (TPSA) is 39.5 Å². The van der Waals surface area contributed by atoms with Crippen molar-refractivity contribution in [1.29, 1.82) is 5.26 Å². The fourth-order valence-electron chi connectivity index (χ4n) is 3.84. The third-order valence-electron chi connectivity index (χ3n) is 4.87. The predicted octanol–water partition coefficient (Wildman–Crippen LogP) is 1.09. The summed E-state index contributed by atoms with van der Waals surface area (Å²) in [5, 5.41) is 9.21. The average Bonchev–Trinajstić information content (AvgIpc) is 3.08. The molecule has 0 amide bonds. The first kappa shape index (κ1) is 12.4. The van der Waals surface area contributed by atoms with Crippen LogP contribution in [-0.2, 0) is 4.74 Å². The van der Waals surface area contributed by atoms with Crippen molar-refractivity contribution in [3.63, 3.8) is 0 Å². The minimum Gasteiger partial charge on any atom is -0.379 e. The third kappa shape index (κ3) is 2.40. The molecule has 2 saturated heterocycles. The van der Waals surface area contributed by atoms with Crippen molar-refractivity contribution in [2.24, 2.45) is 5.92 Å². The van der Waals surface area contributed by atoms with Crippen LogP contribution in [0.1, 0.15) is 25.7 Å². The largest absolute Gasteiger partial charge is 0.379 e. The molecule has 0 radical (unpaired) electrons. The summed E-state index contributed by atoms with van der Waals surface area (Å²) in [6.45, 7) is 6.31. The molecule has 100 valence electrons. The summed E-state index contributed by atoms with van der Waals surface area (Å²) in [6.07, 6.45) is 4.85. The average molecular weight is 249 g/mol. The fraction of sp³-hybridized carbons (Fsp3) is 0.929. The zero-order valence-corrected chi connectivity index (χ0v) is 11.1. The highest BCUT2D eigenvalue weighted by atomic mass is 16.5. The first-order chi connectivity index (χ1) is 8.88. The molecule has 0 spiro atoms. The van der Waals surface area contributed by atoms with E-state index in [1.807, 2.05) is 0 Å². The molecule has 3 fully saturated rings. The van der Waals surface area contributed by atoms with Crippen molar-refractivity contribution in [2.45, 2.75) is 37.8 Å². The fourth-order valence-corrected chi connectivity index (χ4v) is 3.84. The summed E-state index contributed by atoms with van der Waals surface area (Å²) in [6, 6.07) is 3.76. The maximum absolute atomic E-state index is 9.21. The van der Waals surface area contributed by atoms with Crippen LogP contribution in [0.4, 0.5) is 0 Å². The quantitative estimate of drug-likeness (QED) is 0.734. The van der Waals surface area contributed by atoms with Crippen LogP contribution in [-0.4, -0.2) is 61.3 Å². The minimum absolute atomic E-state index is 0.286. The standard InChI is InChI=1S/C14H23N3O/c15-10-12-2-1-3-14(12)17-5-4-13(11-17)16-6-8-18-9-7-16/h12-14H,1-9,11H2. The lowest BCUT2D eigenvalue weighted by Gasteiger charge is -2.33. The molecule has 4 heteroatoms. The van der Waals surface area contributed by atoms with Crippen LogP contribution in [0.3, 0.4) is 0 Å². The number of morpholine rings is 1. The van der Waals surface area contributed by atoms with Gasteiger partial charge in [0.15, 0.2) is 0 Å². The zero-order chi connectivity index (χ0) is 12.4. The first-order valence-corrected chi connectivity index (χ1v) is 7.34. The molecule has 2 aliphatic heterocycles. The smallest absolute Gasteiger partial charge is 0.0672 e. The Morgan fingerprint density at radius 3 is 2.61 bits per heavy atom. The predicted molar refractivity (Wildman–Crippen MR) is 69.1 cm³/mol. The van der Waals surface area contributed by atoms with E-state index < -0.39 is 0 Å². The van der Waals surface area contributed by atoms with Gasteiger partial charge in [0.25, 0.3) is 0 Å². The molecule has 0 aromatic carbocycles. The third-order valence-corrected chi connectivity index (χ3v) is 4.87. The molecule has 3 atom stereocenters. The van der Waals surface area contributed by atoms with Crippen molar-refractivity contribution in [3.05, 3.63) is 0 Å². The van der Waals surface area contributed by atoms with Gasteiger partial charge in [0.2, 0.25) is 0 Å². The van der Waals surface area contributed by atoms with Gasteiger partial charge >= 0.3 is 0 Å². The van der Waals surface area contributed by atoms with E-state index in [0.29, 0.717) is 12.1 Å². The molecule has 3 rings (SSSR count). The number of nitrogens with zero attached hydrogens (tertiary/aromatic N) is 3.